The van der Waals surface area contributed by atoms with Crippen LogP contribution in [0.25, 0.3) is 0 Å². The lowest BCUT2D eigenvalue weighted by Gasteiger charge is -2.07. The van der Waals surface area contributed by atoms with Gasteiger partial charge < -0.3 is 4.84 Å². The highest BCUT2D eigenvalue weighted by molar-refractivity contribution is 6.13. The van der Waals surface area contributed by atoms with Crippen molar-refractivity contribution in [2.45, 2.75) is 25.9 Å². The first kappa shape index (κ1) is 9.97. The molecule has 0 amide bonds. The number of benzene rings is 1. The van der Waals surface area contributed by atoms with Crippen molar-refractivity contribution in [2.24, 2.45) is 5.16 Å². The average molecular weight is 201 g/mol. The molecule has 0 saturated heterocycles. The lowest BCUT2D eigenvalue weighted by molar-refractivity contribution is 0.0976. The van der Waals surface area contributed by atoms with Crippen molar-refractivity contribution in [3.05, 3.63) is 48.0 Å². The van der Waals surface area contributed by atoms with Crippen LogP contribution in [0.5, 0.6) is 0 Å². The molecule has 2 rings (SSSR count). The Morgan fingerprint density at radius 3 is 2.73 bits per heavy atom. The van der Waals surface area contributed by atoms with Crippen LogP contribution in [0.15, 0.2) is 47.6 Å². The average Bonchev–Trinajstić information content (AvgIpc) is 2.63. The van der Waals surface area contributed by atoms with E-state index in [0.717, 1.165) is 29.7 Å². The Labute approximate surface area is 90.3 Å². The van der Waals surface area contributed by atoms with Crippen molar-refractivity contribution in [1.29, 1.82) is 0 Å². The molecular weight excluding hydrogens is 186 g/mol. The van der Waals surface area contributed by atoms with Gasteiger partial charge in [0.05, 0.1) is 0 Å². The van der Waals surface area contributed by atoms with E-state index >= 15 is 0 Å². The van der Waals surface area contributed by atoms with Crippen molar-refractivity contribution >= 4 is 5.71 Å². The van der Waals surface area contributed by atoms with Gasteiger partial charge in [0, 0.05) is 11.1 Å². The van der Waals surface area contributed by atoms with E-state index in [2.05, 4.69) is 18.7 Å². The molecular formula is C13H15NO. The van der Waals surface area contributed by atoms with E-state index < -0.39 is 0 Å². The van der Waals surface area contributed by atoms with Crippen LogP contribution in [0.2, 0.25) is 0 Å². The molecule has 0 spiro atoms. The van der Waals surface area contributed by atoms with Gasteiger partial charge in [0.2, 0.25) is 0 Å². The molecule has 1 unspecified atom stereocenters. The molecule has 0 aliphatic carbocycles. The van der Waals surface area contributed by atoms with E-state index in [-0.39, 0.29) is 6.10 Å². The first-order valence-electron chi connectivity index (χ1n) is 5.31. The van der Waals surface area contributed by atoms with Gasteiger partial charge >= 0.3 is 0 Å². The van der Waals surface area contributed by atoms with Gasteiger partial charge in [-0.05, 0) is 6.42 Å². The molecule has 78 valence electrons. The third-order valence-corrected chi connectivity index (χ3v) is 2.56. The van der Waals surface area contributed by atoms with Crippen molar-refractivity contribution < 1.29 is 4.84 Å². The molecule has 2 nitrogen and oxygen atoms in total. The Bertz CT molecular complexity index is 381. The van der Waals surface area contributed by atoms with Crippen LogP contribution in [-0.2, 0) is 4.84 Å². The molecule has 1 aliphatic rings. The van der Waals surface area contributed by atoms with E-state index in [1.807, 2.05) is 30.3 Å². The highest BCUT2D eigenvalue weighted by Crippen LogP contribution is 2.23. The fraction of sp³-hybridized carbons (Fsp3) is 0.308. The van der Waals surface area contributed by atoms with Gasteiger partial charge in [-0.2, -0.15) is 0 Å². The van der Waals surface area contributed by atoms with Gasteiger partial charge in [-0.3, -0.25) is 0 Å². The number of hydrogen-bond acceptors (Lipinski definition) is 2. The fourth-order valence-corrected chi connectivity index (χ4v) is 1.71. The molecule has 1 atom stereocenters. The second-order valence-electron chi connectivity index (χ2n) is 3.71. The molecule has 1 aliphatic heterocycles. The van der Waals surface area contributed by atoms with Crippen LogP contribution < -0.4 is 0 Å². The fourth-order valence-electron chi connectivity index (χ4n) is 1.71. The van der Waals surface area contributed by atoms with Crippen LogP contribution in [0.3, 0.4) is 0 Å². The van der Waals surface area contributed by atoms with Gasteiger partial charge in [0.1, 0.15) is 5.71 Å². The second-order valence-corrected chi connectivity index (χ2v) is 3.71. The monoisotopic (exact) mass is 201 g/mol. The Morgan fingerprint density at radius 1 is 1.33 bits per heavy atom. The predicted octanol–water partition coefficient (Wildman–Crippen LogP) is 3.15. The van der Waals surface area contributed by atoms with Gasteiger partial charge in [-0.15, -0.1) is 0 Å². The molecule has 0 bridgehead atoms. The van der Waals surface area contributed by atoms with Crippen LogP contribution in [0.1, 0.15) is 25.3 Å². The summed E-state index contributed by atoms with van der Waals surface area (Å²) >= 11 is 0. The molecule has 1 aromatic rings. The summed E-state index contributed by atoms with van der Waals surface area (Å²) in [7, 11) is 0. The topological polar surface area (TPSA) is 21.6 Å². The normalized spacial score (nSPS) is 19.9. The van der Waals surface area contributed by atoms with Crippen molar-refractivity contribution in [3.8, 4) is 0 Å². The lowest BCUT2D eigenvalue weighted by Crippen LogP contribution is -2.11. The largest absolute Gasteiger partial charge is 0.387 e. The molecule has 1 heterocycles. The SMILES string of the molecule is C=C1C(c2ccccc2)=NOC1CCC. The zero-order valence-corrected chi connectivity index (χ0v) is 8.94. The minimum absolute atomic E-state index is 0.0743. The Kier molecular flexibility index (Phi) is 2.86. The van der Waals surface area contributed by atoms with Crippen molar-refractivity contribution in [3.63, 3.8) is 0 Å². The minimum Gasteiger partial charge on any atom is -0.387 e. The predicted molar refractivity (Wildman–Crippen MR) is 61.9 cm³/mol. The Morgan fingerprint density at radius 2 is 2.07 bits per heavy atom. The molecule has 15 heavy (non-hydrogen) atoms. The highest BCUT2D eigenvalue weighted by Gasteiger charge is 2.25. The van der Waals surface area contributed by atoms with E-state index in [1.165, 1.54) is 0 Å². The highest BCUT2D eigenvalue weighted by atomic mass is 16.6. The zero-order chi connectivity index (χ0) is 10.7. The molecule has 0 radical (unpaired) electrons. The quantitative estimate of drug-likeness (QED) is 0.736. The lowest BCUT2D eigenvalue weighted by atomic mass is 9.98. The molecule has 2 heteroatoms. The van der Waals surface area contributed by atoms with Crippen LogP contribution in [0.4, 0.5) is 0 Å². The van der Waals surface area contributed by atoms with Gasteiger partial charge in [0.25, 0.3) is 0 Å². The van der Waals surface area contributed by atoms with Gasteiger partial charge in [-0.1, -0.05) is 55.4 Å². The molecule has 0 aromatic heterocycles. The summed E-state index contributed by atoms with van der Waals surface area (Å²) in [5.74, 6) is 0. The number of oxime groups is 1. The summed E-state index contributed by atoms with van der Waals surface area (Å²) in [6.07, 6.45) is 2.14. The smallest absolute Gasteiger partial charge is 0.154 e. The molecule has 0 saturated carbocycles. The van der Waals surface area contributed by atoms with Gasteiger partial charge in [-0.25, -0.2) is 0 Å². The maximum atomic E-state index is 5.36. The van der Waals surface area contributed by atoms with Crippen molar-refractivity contribution in [1.82, 2.24) is 0 Å². The van der Waals surface area contributed by atoms with Crippen LogP contribution >= 0.6 is 0 Å². The summed E-state index contributed by atoms with van der Waals surface area (Å²) in [6.45, 7) is 6.19. The van der Waals surface area contributed by atoms with Crippen LogP contribution in [0, 0.1) is 0 Å². The third kappa shape index (κ3) is 1.94. The first-order valence-corrected chi connectivity index (χ1v) is 5.31. The number of hydrogen-bond donors (Lipinski definition) is 0. The Balaban J connectivity index is 2.17. The summed E-state index contributed by atoms with van der Waals surface area (Å²) in [5.41, 5.74) is 2.98. The molecule has 0 fully saturated rings. The minimum atomic E-state index is 0.0743. The number of nitrogens with zero attached hydrogens (tertiary/aromatic N) is 1. The van der Waals surface area contributed by atoms with E-state index in [1.54, 1.807) is 0 Å². The van der Waals surface area contributed by atoms with Gasteiger partial charge in [0.15, 0.2) is 6.10 Å². The molecule has 0 N–H and O–H groups in total. The maximum absolute atomic E-state index is 5.36. The Hall–Kier alpha value is -1.57. The number of rotatable bonds is 3. The summed E-state index contributed by atoms with van der Waals surface area (Å²) in [5, 5.41) is 4.10. The van der Waals surface area contributed by atoms with E-state index in [9.17, 15) is 0 Å². The van der Waals surface area contributed by atoms with Crippen molar-refractivity contribution in [2.75, 3.05) is 0 Å². The third-order valence-electron chi connectivity index (χ3n) is 2.56. The summed E-state index contributed by atoms with van der Waals surface area (Å²) in [6, 6.07) is 10.0. The van der Waals surface area contributed by atoms with E-state index in [0.29, 0.717) is 0 Å². The maximum Gasteiger partial charge on any atom is 0.154 e. The molecule has 1 aromatic carbocycles. The first-order chi connectivity index (χ1) is 7.33. The summed E-state index contributed by atoms with van der Waals surface area (Å²) in [4.78, 5) is 5.36. The zero-order valence-electron chi connectivity index (χ0n) is 8.94. The van der Waals surface area contributed by atoms with E-state index in [4.69, 9.17) is 4.84 Å². The summed E-state index contributed by atoms with van der Waals surface area (Å²) < 4.78 is 0. The standard InChI is InChI=1S/C13H15NO/c1-3-7-12-10(2)13(14-15-12)11-8-5-4-6-9-11/h4-6,8-9,12H,2-3,7H2,1H3. The van der Waals surface area contributed by atoms with Crippen LogP contribution in [-0.4, -0.2) is 11.8 Å². The second kappa shape index (κ2) is 4.30.